The number of halogens is 1. The van der Waals surface area contributed by atoms with E-state index in [-0.39, 0.29) is 23.8 Å². The maximum Gasteiger partial charge on any atom is 0.341 e. The van der Waals surface area contributed by atoms with Crippen molar-refractivity contribution in [3.8, 4) is 5.75 Å². The zero-order valence-electron chi connectivity index (χ0n) is 30.9. The van der Waals surface area contributed by atoms with Crippen LogP contribution in [0.1, 0.15) is 79.8 Å². The molecule has 2 aliphatic carbocycles. The Bertz CT molecular complexity index is 1840. The van der Waals surface area contributed by atoms with E-state index in [0.29, 0.717) is 54.6 Å². The number of ether oxygens (including phenoxy) is 3. The zero-order valence-corrected chi connectivity index (χ0v) is 32.5. The van der Waals surface area contributed by atoms with Crippen molar-refractivity contribution in [3.05, 3.63) is 70.3 Å². The van der Waals surface area contributed by atoms with Gasteiger partial charge in [-0.25, -0.2) is 9.00 Å². The number of hydrogen-bond acceptors (Lipinski definition) is 7. The fourth-order valence-corrected chi connectivity index (χ4v) is 10.6. The molecule has 10 nitrogen and oxygen atoms in total. The van der Waals surface area contributed by atoms with Gasteiger partial charge >= 0.3 is 6.03 Å². The maximum atomic E-state index is 14.5. The third-order valence-electron chi connectivity index (χ3n) is 11.8. The SMILES string of the molecule is CO[C@H]1/C=C/C[C@H](C)CS(=O)(C=NC(=O)N[C@@H]2C[C@H]2C2CCOCC2)=NC(=O)c2ccc3c(c2)N(Cc2ccc(Cl)cc2CCCCO3)C[C@@H]2CC[C@H]21. The van der Waals surface area contributed by atoms with Gasteiger partial charge in [-0.1, -0.05) is 36.7 Å². The van der Waals surface area contributed by atoms with E-state index in [4.69, 9.17) is 25.8 Å². The Labute approximate surface area is 319 Å². The zero-order chi connectivity index (χ0) is 37.0. The summed E-state index contributed by atoms with van der Waals surface area (Å²) < 4.78 is 36.8. The second-order valence-electron chi connectivity index (χ2n) is 15.6. The van der Waals surface area contributed by atoms with Crippen LogP contribution in [0, 0.1) is 29.6 Å². The number of carbonyl (C=O) groups is 2. The van der Waals surface area contributed by atoms with Gasteiger partial charge in [0.05, 0.1) is 28.1 Å². The second-order valence-corrected chi connectivity index (χ2v) is 18.2. The Morgan fingerprint density at radius 2 is 1.91 bits per heavy atom. The summed E-state index contributed by atoms with van der Waals surface area (Å²) in [5.74, 6) is 1.74. The minimum absolute atomic E-state index is 0.0553. The van der Waals surface area contributed by atoms with Crippen molar-refractivity contribution in [1.29, 1.82) is 0 Å². The summed E-state index contributed by atoms with van der Waals surface area (Å²) in [6.45, 7) is 5.40. The molecule has 0 radical (unpaired) electrons. The molecule has 3 fully saturated rings. The molecule has 5 aliphatic rings. The van der Waals surface area contributed by atoms with Crippen LogP contribution < -0.4 is 15.0 Å². The smallest absolute Gasteiger partial charge is 0.341 e. The lowest BCUT2D eigenvalue weighted by atomic mass is 9.70. The highest BCUT2D eigenvalue weighted by molar-refractivity contribution is 8.06. The van der Waals surface area contributed by atoms with Crippen LogP contribution in [0.4, 0.5) is 10.5 Å². The predicted molar refractivity (Wildman–Crippen MR) is 210 cm³/mol. The minimum Gasteiger partial charge on any atom is -0.491 e. The van der Waals surface area contributed by atoms with Crippen molar-refractivity contribution >= 4 is 44.5 Å². The number of carbonyl (C=O) groups excluding carboxylic acids is 2. The van der Waals surface area contributed by atoms with Gasteiger partial charge in [0.2, 0.25) is 0 Å². The number of allylic oxidation sites excluding steroid dienone is 1. The molecule has 2 aromatic carbocycles. The van der Waals surface area contributed by atoms with Gasteiger partial charge in [0, 0.05) is 55.8 Å². The third-order valence-corrected chi connectivity index (χ3v) is 14.0. The van der Waals surface area contributed by atoms with Gasteiger partial charge < -0.3 is 24.4 Å². The molecule has 3 heterocycles. The summed E-state index contributed by atoms with van der Waals surface area (Å²) in [6, 6.07) is 11.0. The van der Waals surface area contributed by atoms with E-state index in [2.05, 4.69) is 43.9 Å². The van der Waals surface area contributed by atoms with E-state index in [1.807, 2.05) is 25.1 Å². The standard InChI is InChI=1S/C41H53ClN4O6S/c1-27-6-5-8-38(50-2)34-13-10-32(34)24-46-23-31-9-12-33(42)20-29(31)7-3-4-17-52-39-14-11-30(21-37(39)46)40(47)45-53(49,25-27)26-43-41(48)44-36-22-35(36)28-15-18-51-19-16-28/h5,8-9,11-12,14,20-21,26-28,32,34-36,38H,3-4,6-7,10,13,15-19,22-25H2,1-2H3,(H,44,48)/b8-5+,43-26?/t27-,32-,34+,35-,36+,38-,53?/m0/s1. The summed E-state index contributed by atoms with van der Waals surface area (Å²) in [6.07, 6.45) is 12.6. The van der Waals surface area contributed by atoms with Crippen molar-refractivity contribution in [1.82, 2.24) is 5.32 Å². The number of amides is 3. The van der Waals surface area contributed by atoms with Crippen LogP contribution in [0.25, 0.3) is 0 Å². The summed E-state index contributed by atoms with van der Waals surface area (Å²) in [7, 11) is -1.59. The van der Waals surface area contributed by atoms with Crippen LogP contribution >= 0.6 is 11.6 Å². The first-order valence-corrected chi connectivity index (χ1v) is 21.5. The van der Waals surface area contributed by atoms with Crippen LogP contribution in [0.15, 0.2) is 57.9 Å². The molecule has 0 aromatic heterocycles. The average molecular weight is 765 g/mol. The first kappa shape index (κ1) is 38.0. The van der Waals surface area contributed by atoms with Crippen molar-refractivity contribution in [2.75, 3.05) is 44.1 Å². The summed E-state index contributed by atoms with van der Waals surface area (Å²) in [4.78, 5) is 33.4. The van der Waals surface area contributed by atoms with E-state index in [1.54, 1.807) is 13.2 Å². The van der Waals surface area contributed by atoms with Gasteiger partial charge in [0.25, 0.3) is 5.91 Å². The van der Waals surface area contributed by atoms with Crippen LogP contribution in [-0.2, 0) is 32.2 Å². The first-order valence-electron chi connectivity index (χ1n) is 19.4. The lowest BCUT2D eigenvalue weighted by Crippen LogP contribution is -2.43. The van der Waals surface area contributed by atoms with E-state index < -0.39 is 21.7 Å². The number of benzene rings is 2. The molecule has 12 heteroatoms. The summed E-state index contributed by atoms with van der Waals surface area (Å²) in [5.41, 5.74) is 4.64. The Morgan fingerprint density at radius 3 is 2.70 bits per heavy atom. The highest BCUT2D eigenvalue weighted by Crippen LogP contribution is 2.43. The highest BCUT2D eigenvalue weighted by Gasteiger charge is 2.44. The number of urea groups is 1. The molecule has 0 spiro atoms. The Kier molecular flexibility index (Phi) is 12.2. The van der Waals surface area contributed by atoms with Crippen molar-refractivity contribution in [2.24, 2.45) is 38.9 Å². The maximum absolute atomic E-state index is 14.5. The van der Waals surface area contributed by atoms with Crippen molar-refractivity contribution in [2.45, 2.75) is 83.4 Å². The summed E-state index contributed by atoms with van der Waals surface area (Å²) >= 11 is 6.48. The number of nitrogens with zero attached hydrogens (tertiary/aromatic N) is 3. The molecule has 3 amide bonds. The van der Waals surface area contributed by atoms with Gasteiger partial charge in [-0.3, -0.25) is 4.79 Å². The van der Waals surface area contributed by atoms with Gasteiger partial charge in [0.15, 0.2) is 0 Å². The van der Waals surface area contributed by atoms with E-state index in [1.165, 1.54) is 11.1 Å². The molecule has 1 unspecified atom stereocenters. The fourth-order valence-electron chi connectivity index (χ4n) is 8.58. The predicted octanol–water partition coefficient (Wildman–Crippen LogP) is 7.86. The molecule has 2 aromatic rings. The Morgan fingerprint density at radius 1 is 1.06 bits per heavy atom. The number of hydrogen-bond donors (Lipinski definition) is 1. The number of rotatable bonds is 4. The Balaban J connectivity index is 1.22. The number of methoxy groups -OCH3 is 1. The number of anilines is 1. The summed E-state index contributed by atoms with van der Waals surface area (Å²) in [5, 5.41) is 3.70. The molecule has 1 N–H and O–H groups in total. The lowest BCUT2D eigenvalue weighted by Gasteiger charge is -2.43. The molecule has 7 atom stereocenters. The number of nitrogens with one attached hydrogen (secondary N) is 1. The number of aryl methyl sites for hydroxylation is 1. The van der Waals surface area contributed by atoms with Crippen LogP contribution in [0.3, 0.4) is 0 Å². The van der Waals surface area contributed by atoms with Crippen molar-refractivity contribution < 1.29 is 28.0 Å². The first-order chi connectivity index (χ1) is 25.7. The van der Waals surface area contributed by atoms with Gasteiger partial charge in [-0.05, 0) is 129 Å². The quantitative estimate of drug-likeness (QED) is 0.191. The van der Waals surface area contributed by atoms with Crippen LogP contribution in [0.2, 0.25) is 5.02 Å². The normalized spacial score (nSPS) is 31.8. The molecule has 2 saturated carbocycles. The topological polar surface area (TPSA) is 119 Å². The third kappa shape index (κ3) is 9.53. The lowest BCUT2D eigenvalue weighted by molar-refractivity contribution is 0.0133. The Hall–Kier alpha value is -3.25. The van der Waals surface area contributed by atoms with E-state index in [0.717, 1.165) is 87.4 Å². The van der Waals surface area contributed by atoms with Gasteiger partial charge in [0.1, 0.15) is 11.3 Å². The van der Waals surface area contributed by atoms with Gasteiger partial charge in [-0.2, -0.15) is 9.36 Å². The molecular weight excluding hydrogens is 712 g/mol. The molecule has 1 saturated heterocycles. The molecule has 2 bridgehead atoms. The minimum atomic E-state index is -3.36. The number of fused-ring (bicyclic) bond motifs is 3. The van der Waals surface area contributed by atoms with Gasteiger partial charge in [-0.15, -0.1) is 0 Å². The molecule has 53 heavy (non-hydrogen) atoms. The van der Waals surface area contributed by atoms with E-state index >= 15 is 0 Å². The fraction of sp³-hybridized carbons (Fsp3) is 0.585. The molecule has 286 valence electrons. The van der Waals surface area contributed by atoms with E-state index in [9.17, 15) is 13.8 Å². The molecule has 7 rings (SSSR count). The van der Waals surface area contributed by atoms with Crippen LogP contribution in [0.5, 0.6) is 5.75 Å². The monoisotopic (exact) mass is 764 g/mol. The largest absolute Gasteiger partial charge is 0.491 e. The highest BCUT2D eigenvalue weighted by atomic mass is 35.5. The average Bonchev–Trinajstić information content (AvgIpc) is 3.91. The number of aliphatic imine (C=N–C) groups is 1. The molecular formula is C41H53ClN4O6S. The van der Waals surface area contributed by atoms with Crippen LogP contribution in [-0.4, -0.2) is 73.1 Å². The second kappa shape index (κ2) is 17.0. The van der Waals surface area contributed by atoms with Crippen molar-refractivity contribution in [3.63, 3.8) is 0 Å². The molecule has 3 aliphatic heterocycles.